The fourth-order valence-corrected chi connectivity index (χ4v) is 2.49. The molecule has 0 saturated heterocycles. The van der Waals surface area contributed by atoms with Gasteiger partial charge in [-0.15, -0.1) is 0 Å². The Bertz CT molecular complexity index is 197. The summed E-state index contributed by atoms with van der Waals surface area (Å²) >= 11 is 0. The van der Waals surface area contributed by atoms with Crippen LogP contribution in [-0.2, 0) is 0 Å². The number of hydrogen-bond acceptors (Lipinski definition) is 1. The molecule has 0 aliphatic heterocycles. The third-order valence-electron chi connectivity index (χ3n) is 2.50. The maximum atomic E-state index is 7.10. The Morgan fingerprint density at radius 3 is 2.20 bits per heavy atom. The van der Waals surface area contributed by atoms with Gasteiger partial charge in [0.15, 0.2) is 5.96 Å². The van der Waals surface area contributed by atoms with Crippen molar-refractivity contribution in [3.8, 4) is 0 Å². The first-order chi connectivity index (χ1) is 6.73. The summed E-state index contributed by atoms with van der Waals surface area (Å²) in [6.07, 6.45) is 2.42. The quantitative estimate of drug-likeness (QED) is 0.469. The van der Waals surface area contributed by atoms with Crippen LogP contribution in [-0.4, -0.2) is 12.5 Å². The van der Waals surface area contributed by atoms with Gasteiger partial charge in [-0.05, 0) is 30.1 Å². The minimum absolute atomic E-state index is 0.0727. The molecule has 4 N–H and O–H groups in total. The summed E-state index contributed by atoms with van der Waals surface area (Å²) in [5.74, 6) is 1.37. The van der Waals surface area contributed by atoms with E-state index in [1.807, 2.05) is 0 Å². The molecule has 0 rings (SSSR count). The molecule has 1 atom stereocenters. The Hall–Kier alpha value is -0.730. The molecule has 0 amide bonds. The molecule has 0 aliphatic rings. The van der Waals surface area contributed by atoms with Crippen molar-refractivity contribution in [2.24, 2.45) is 23.0 Å². The van der Waals surface area contributed by atoms with Crippen LogP contribution in [0.2, 0.25) is 0 Å². The summed E-state index contributed by atoms with van der Waals surface area (Å²) in [6, 6.07) is 0. The summed E-state index contributed by atoms with van der Waals surface area (Å²) in [7, 11) is 0. The van der Waals surface area contributed by atoms with Crippen LogP contribution in [0.1, 0.15) is 47.5 Å². The fraction of sp³-hybridized carbons (Fsp3) is 0.917. The second-order valence-electron chi connectivity index (χ2n) is 5.87. The van der Waals surface area contributed by atoms with Gasteiger partial charge in [-0.1, -0.05) is 34.6 Å². The molecule has 0 aromatic heterocycles. The minimum atomic E-state index is 0.0727. The fourth-order valence-electron chi connectivity index (χ4n) is 2.49. The summed E-state index contributed by atoms with van der Waals surface area (Å²) < 4.78 is 0. The monoisotopic (exact) mass is 213 g/mol. The van der Waals surface area contributed by atoms with Gasteiger partial charge in [0.2, 0.25) is 0 Å². The normalized spacial score (nSPS) is 14.0. The molecule has 1 unspecified atom stereocenters. The summed E-state index contributed by atoms with van der Waals surface area (Å²) in [5.41, 5.74) is 5.64. The second kappa shape index (κ2) is 5.99. The van der Waals surface area contributed by atoms with Crippen molar-refractivity contribution in [1.82, 2.24) is 5.32 Å². The van der Waals surface area contributed by atoms with E-state index in [-0.39, 0.29) is 5.96 Å². The largest absolute Gasteiger partial charge is 0.370 e. The van der Waals surface area contributed by atoms with E-state index in [2.05, 4.69) is 39.9 Å². The third kappa shape index (κ3) is 8.28. The van der Waals surface area contributed by atoms with E-state index in [0.29, 0.717) is 11.3 Å². The molecule has 0 fully saturated rings. The Labute approximate surface area is 94.3 Å². The van der Waals surface area contributed by atoms with E-state index >= 15 is 0 Å². The average Bonchev–Trinajstić information content (AvgIpc) is 1.96. The molecular formula is C12H27N3. The number of rotatable bonds is 6. The zero-order valence-electron chi connectivity index (χ0n) is 10.9. The van der Waals surface area contributed by atoms with E-state index in [0.717, 1.165) is 12.5 Å². The second-order valence-corrected chi connectivity index (χ2v) is 5.87. The first-order valence-electron chi connectivity index (χ1n) is 5.81. The summed E-state index contributed by atoms with van der Waals surface area (Å²) in [5, 5.41) is 9.98. The predicted octanol–water partition coefficient (Wildman–Crippen LogP) is 2.57. The van der Waals surface area contributed by atoms with Crippen LogP contribution < -0.4 is 11.1 Å². The van der Waals surface area contributed by atoms with Gasteiger partial charge in [0.05, 0.1) is 0 Å². The van der Waals surface area contributed by atoms with Crippen molar-refractivity contribution in [1.29, 1.82) is 5.41 Å². The van der Waals surface area contributed by atoms with Crippen LogP contribution in [0.25, 0.3) is 0 Å². The number of hydrogen-bond donors (Lipinski definition) is 3. The van der Waals surface area contributed by atoms with Crippen molar-refractivity contribution in [3.63, 3.8) is 0 Å². The van der Waals surface area contributed by atoms with Gasteiger partial charge in [0.1, 0.15) is 0 Å². The molecule has 0 aliphatic carbocycles. The van der Waals surface area contributed by atoms with Gasteiger partial charge in [-0.2, -0.15) is 0 Å². The molecule has 90 valence electrons. The van der Waals surface area contributed by atoms with Crippen LogP contribution in [0, 0.1) is 22.7 Å². The van der Waals surface area contributed by atoms with Gasteiger partial charge >= 0.3 is 0 Å². The van der Waals surface area contributed by atoms with Gasteiger partial charge in [0.25, 0.3) is 0 Å². The van der Waals surface area contributed by atoms with Gasteiger partial charge in [-0.25, -0.2) is 0 Å². The Morgan fingerprint density at radius 1 is 1.27 bits per heavy atom. The summed E-state index contributed by atoms with van der Waals surface area (Å²) in [6.45, 7) is 12.2. The smallest absolute Gasteiger partial charge is 0.185 e. The van der Waals surface area contributed by atoms with Crippen LogP contribution in [0.15, 0.2) is 0 Å². The van der Waals surface area contributed by atoms with Gasteiger partial charge in [0, 0.05) is 6.54 Å². The molecule has 3 nitrogen and oxygen atoms in total. The molecule has 0 heterocycles. The van der Waals surface area contributed by atoms with Crippen LogP contribution >= 0.6 is 0 Å². The van der Waals surface area contributed by atoms with Gasteiger partial charge in [-0.3, -0.25) is 5.41 Å². The lowest BCUT2D eigenvalue weighted by molar-refractivity contribution is 0.226. The standard InChI is InChI=1S/C12H27N3/c1-9(2)6-12(4,5)7-10(3)8-15-11(13)14/h9-10H,6-8H2,1-5H3,(H4,13,14,15). The number of guanidine groups is 1. The van der Waals surface area contributed by atoms with Crippen molar-refractivity contribution in [3.05, 3.63) is 0 Å². The number of nitrogens with two attached hydrogens (primary N) is 1. The van der Waals surface area contributed by atoms with Crippen molar-refractivity contribution in [2.75, 3.05) is 6.54 Å². The van der Waals surface area contributed by atoms with Crippen LogP contribution in [0.3, 0.4) is 0 Å². The molecule has 0 spiro atoms. The maximum Gasteiger partial charge on any atom is 0.185 e. The Morgan fingerprint density at radius 2 is 1.80 bits per heavy atom. The molecule has 0 saturated carbocycles. The Balaban J connectivity index is 3.92. The zero-order chi connectivity index (χ0) is 12.1. The minimum Gasteiger partial charge on any atom is -0.370 e. The van der Waals surface area contributed by atoms with Crippen LogP contribution in [0.5, 0.6) is 0 Å². The molecule has 0 aromatic rings. The first kappa shape index (κ1) is 14.3. The molecule has 0 bridgehead atoms. The van der Waals surface area contributed by atoms with E-state index in [4.69, 9.17) is 11.1 Å². The highest BCUT2D eigenvalue weighted by atomic mass is 15.0. The van der Waals surface area contributed by atoms with Crippen molar-refractivity contribution < 1.29 is 0 Å². The molecule has 0 radical (unpaired) electrons. The maximum absolute atomic E-state index is 7.10. The van der Waals surface area contributed by atoms with E-state index in [1.165, 1.54) is 12.8 Å². The molecular weight excluding hydrogens is 186 g/mol. The topological polar surface area (TPSA) is 61.9 Å². The highest BCUT2D eigenvalue weighted by Gasteiger charge is 2.22. The lowest BCUT2D eigenvalue weighted by atomic mass is 9.77. The van der Waals surface area contributed by atoms with E-state index in [1.54, 1.807) is 0 Å². The predicted molar refractivity (Wildman–Crippen MR) is 66.9 cm³/mol. The SMILES string of the molecule is CC(C)CC(C)(C)CC(C)CNC(=N)N. The molecule has 3 heteroatoms. The van der Waals surface area contributed by atoms with E-state index in [9.17, 15) is 0 Å². The van der Waals surface area contributed by atoms with Crippen molar-refractivity contribution in [2.45, 2.75) is 47.5 Å². The first-order valence-corrected chi connectivity index (χ1v) is 5.81. The lowest BCUT2D eigenvalue weighted by Crippen LogP contribution is -2.35. The average molecular weight is 213 g/mol. The molecule has 0 aromatic carbocycles. The molecule has 15 heavy (non-hydrogen) atoms. The highest BCUT2D eigenvalue weighted by Crippen LogP contribution is 2.32. The van der Waals surface area contributed by atoms with Crippen LogP contribution in [0.4, 0.5) is 0 Å². The lowest BCUT2D eigenvalue weighted by Gasteiger charge is -2.30. The van der Waals surface area contributed by atoms with Gasteiger partial charge < -0.3 is 11.1 Å². The Kier molecular flexibility index (Phi) is 5.69. The third-order valence-corrected chi connectivity index (χ3v) is 2.50. The van der Waals surface area contributed by atoms with E-state index < -0.39 is 0 Å². The zero-order valence-corrected chi connectivity index (χ0v) is 10.9. The highest BCUT2D eigenvalue weighted by molar-refractivity contribution is 5.74. The summed E-state index contributed by atoms with van der Waals surface area (Å²) in [4.78, 5) is 0. The number of nitrogens with one attached hydrogen (secondary N) is 2. The van der Waals surface area contributed by atoms with Crippen molar-refractivity contribution >= 4 is 5.96 Å².